The molecular weight excluding hydrogens is 359 g/mol. The maximum atomic E-state index is 12.7. The summed E-state index contributed by atoms with van der Waals surface area (Å²) in [6.07, 6.45) is -3.97. The summed E-state index contributed by atoms with van der Waals surface area (Å²) < 4.78 is 48.7. The van der Waals surface area contributed by atoms with Gasteiger partial charge in [-0.05, 0) is 47.9 Å². The maximum absolute atomic E-state index is 12.7. The molecule has 0 aliphatic carbocycles. The SMILES string of the molecule is COCC1OC(=O)c2cc3c(cc21)CCN(c1ccc(C(F)(F)F)cc1)C3. The molecule has 2 heterocycles. The standard InChI is InChI=1S/C20H18F3NO3/c1-26-11-18-16-8-12-6-7-24(10-13(12)9-17(16)19(25)27-18)15-4-2-14(3-5-15)20(21,22)23/h2-5,8-9,18H,6-7,10-11H2,1H3. The minimum absolute atomic E-state index is 0.315. The van der Waals surface area contributed by atoms with Crippen LogP contribution in [-0.4, -0.2) is 26.2 Å². The number of halogens is 3. The van der Waals surface area contributed by atoms with Crippen molar-refractivity contribution in [1.29, 1.82) is 0 Å². The number of cyclic esters (lactones) is 1. The Labute approximate surface area is 154 Å². The minimum Gasteiger partial charge on any atom is -0.451 e. The van der Waals surface area contributed by atoms with Crippen LogP contribution in [0.15, 0.2) is 36.4 Å². The molecule has 0 saturated carbocycles. The lowest BCUT2D eigenvalue weighted by atomic mass is 9.92. The van der Waals surface area contributed by atoms with Crippen LogP contribution in [0.5, 0.6) is 0 Å². The summed E-state index contributed by atoms with van der Waals surface area (Å²) in [5, 5.41) is 0. The van der Waals surface area contributed by atoms with Gasteiger partial charge in [-0.3, -0.25) is 0 Å². The number of esters is 1. The molecule has 0 N–H and O–H groups in total. The van der Waals surface area contributed by atoms with E-state index in [-0.39, 0.29) is 12.1 Å². The molecule has 1 unspecified atom stereocenters. The fraction of sp³-hybridized carbons (Fsp3) is 0.350. The van der Waals surface area contributed by atoms with Crippen molar-refractivity contribution in [2.45, 2.75) is 25.2 Å². The predicted octanol–water partition coefficient (Wildman–Crippen LogP) is 4.13. The van der Waals surface area contributed by atoms with Gasteiger partial charge in [-0.1, -0.05) is 6.07 Å². The van der Waals surface area contributed by atoms with Gasteiger partial charge in [0, 0.05) is 31.5 Å². The summed E-state index contributed by atoms with van der Waals surface area (Å²) in [6, 6.07) is 9.02. The summed E-state index contributed by atoms with van der Waals surface area (Å²) in [5.74, 6) is -0.360. The molecule has 0 spiro atoms. The number of ether oxygens (including phenoxy) is 2. The van der Waals surface area contributed by atoms with Crippen LogP contribution in [0, 0.1) is 0 Å². The molecule has 4 nitrogen and oxygen atoms in total. The van der Waals surface area contributed by atoms with Crippen LogP contribution < -0.4 is 4.90 Å². The second-order valence-electron chi connectivity index (χ2n) is 6.77. The van der Waals surface area contributed by atoms with Crippen LogP contribution in [0.4, 0.5) is 18.9 Å². The number of nitrogens with zero attached hydrogens (tertiary/aromatic N) is 1. The van der Waals surface area contributed by atoms with Crippen molar-refractivity contribution in [3.63, 3.8) is 0 Å². The Balaban J connectivity index is 1.59. The average molecular weight is 377 g/mol. The fourth-order valence-electron chi connectivity index (χ4n) is 3.68. The van der Waals surface area contributed by atoms with Crippen molar-refractivity contribution in [2.24, 2.45) is 0 Å². The van der Waals surface area contributed by atoms with Crippen LogP contribution in [0.2, 0.25) is 0 Å². The summed E-state index contributed by atoms with van der Waals surface area (Å²) in [4.78, 5) is 14.1. The number of methoxy groups -OCH3 is 1. The molecule has 142 valence electrons. The Hall–Kier alpha value is -2.54. The van der Waals surface area contributed by atoms with Crippen molar-refractivity contribution >= 4 is 11.7 Å². The summed E-state index contributed by atoms with van der Waals surface area (Å²) in [5.41, 5.74) is 3.60. The first-order valence-electron chi connectivity index (χ1n) is 8.64. The van der Waals surface area contributed by atoms with Gasteiger partial charge in [0.05, 0.1) is 17.7 Å². The third-order valence-electron chi connectivity index (χ3n) is 5.08. The van der Waals surface area contributed by atoms with E-state index in [4.69, 9.17) is 9.47 Å². The molecule has 0 saturated heterocycles. The van der Waals surface area contributed by atoms with Crippen molar-refractivity contribution < 1.29 is 27.4 Å². The molecular formula is C20H18F3NO3. The highest BCUT2D eigenvalue weighted by Crippen LogP contribution is 2.36. The van der Waals surface area contributed by atoms with Crippen molar-refractivity contribution in [3.05, 3.63) is 64.2 Å². The van der Waals surface area contributed by atoms with Crippen LogP contribution >= 0.6 is 0 Å². The highest BCUT2D eigenvalue weighted by molar-refractivity contribution is 5.94. The Morgan fingerprint density at radius 3 is 2.59 bits per heavy atom. The zero-order chi connectivity index (χ0) is 19.2. The molecule has 0 bridgehead atoms. The molecule has 2 aliphatic rings. The molecule has 4 rings (SSSR count). The van der Waals surface area contributed by atoms with E-state index >= 15 is 0 Å². The summed E-state index contributed by atoms with van der Waals surface area (Å²) >= 11 is 0. The molecule has 27 heavy (non-hydrogen) atoms. The quantitative estimate of drug-likeness (QED) is 0.754. The number of rotatable bonds is 3. The van der Waals surface area contributed by atoms with Gasteiger partial charge in [-0.15, -0.1) is 0 Å². The summed E-state index contributed by atoms with van der Waals surface area (Å²) in [6.45, 7) is 1.55. The normalized spacial score (nSPS) is 18.9. The smallest absolute Gasteiger partial charge is 0.416 e. The number of anilines is 1. The van der Waals surface area contributed by atoms with Gasteiger partial charge in [0.15, 0.2) is 6.10 Å². The average Bonchev–Trinajstić information content (AvgIpc) is 2.94. The third kappa shape index (κ3) is 3.27. The number of hydrogen-bond donors (Lipinski definition) is 0. The summed E-state index contributed by atoms with van der Waals surface area (Å²) in [7, 11) is 1.56. The van der Waals surface area contributed by atoms with Crippen LogP contribution in [0.1, 0.15) is 38.7 Å². The van der Waals surface area contributed by atoms with Gasteiger partial charge in [0.2, 0.25) is 0 Å². The second-order valence-corrected chi connectivity index (χ2v) is 6.77. The number of fused-ring (bicyclic) bond motifs is 2. The topological polar surface area (TPSA) is 38.8 Å². The van der Waals surface area contributed by atoms with Gasteiger partial charge in [-0.2, -0.15) is 13.2 Å². The van der Waals surface area contributed by atoms with E-state index in [2.05, 4.69) is 0 Å². The number of benzene rings is 2. The molecule has 0 radical (unpaired) electrons. The molecule has 2 aromatic rings. The third-order valence-corrected chi connectivity index (χ3v) is 5.08. The van der Waals surface area contributed by atoms with E-state index < -0.39 is 11.7 Å². The first-order valence-corrected chi connectivity index (χ1v) is 8.64. The van der Waals surface area contributed by atoms with E-state index in [1.165, 1.54) is 12.1 Å². The number of alkyl halides is 3. The Morgan fingerprint density at radius 1 is 1.19 bits per heavy atom. The first kappa shape index (κ1) is 17.9. The largest absolute Gasteiger partial charge is 0.451 e. The minimum atomic E-state index is -4.34. The second kappa shape index (κ2) is 6.56. The van der Waals surface area contributed by atoms with Gasteiger partial charge in [0.1, 0.15) is 0 Å². The van der Waals surface area contributed by atoms with Crippen LogP contribution in [-0.2, 0) is 28.6 Å². The van der Waals surface area contributed by atoms with E-state index in [0.29, 0.717) is 25.3 Å². The van der Waals surface area contributed by atoms with E-state index in [9.17, 15) is 18.0 Å². The molecule has 0 amide bonds. The lowest BCUT2D eigenvalue weighted by Gasteiger charge is -2.31. The lowest BCUT2D eigenvalue weighted by molar-refractivity contribution is -0.137. The molecule has 0 aromatic heterocycles. The van der Waals surface area contributed by atoms with Crippen molar-refractivity contribution in [1.82, 2.24) is 0 Å². The lowest BCUT2D eigenvalue weighted by Crippen LogP contribution is -2.30. The first-order chi connectivity index (χ1) is 12.9. The van der Waals surface area contributed by atoms with Gasteiger partial charge in [-0.25, -0.2) is 4.79 Å². The fourth-order valence-corrected chi connectivity index (χ4v) is 3.68. The van der Waals surface area contributed by atoms with Crippen molar-refractivity contribution in [3.8, 4) is 0 Å². The number of hydrogen-bond acceptors (Lipinski definition) is 4. The van der Waals surface area contributed by atoms with Gasteiger partial charge >= 0.3 is 12.1 Å². The molecule has 0 fully saturated rings. The zero-order valence-corrected chi connectivity index (χ0v) is 14.7. The molecule has 2 aromatic carbocycles. The highest BCUT2D eigenvalue weighted by Gasteiger charge is 2.33. The van der Waals surface area contributed by atoms with E-state index in [1.807, 2.05) is 17.0 Å². The van der Waals surface area contributed by atoms with Crippen LogP contribution in [0.3, 0.4) is 0 Å². The number of carbonyl (C=O) groups is 1. The highest BCUT2D eigenvalue weighted by atomic mass is 19.4. The molecule has 7 heteroatoms. The molecule has 1 atom stereocenters. The Kier molecular flexibility index (Phi) is 4.34. The van der Waals surface area contributed by atoms with Gasteiger partial charge in [0.25, 0.3) is 0 Å². The maximum Gasteiger partial charge on any atom is 0.416 e. The van der Waals surface area contributed by atoms with Gasteiger partial charge < -0.3 is 14.4 Å². The van der Waals surface area contributed by atoms with Crippen molar-refractivity contribution in [2.75, 3.05) is 25.2 Å². The van der Waals surface area contributed by atoms with Crippen LogP contribution in [0.25, 0.3) is 0 Å². The number of carbonyl (C=O) groups excluding carboxylic acids is 1. The monoisotopic (exact) mass is 377 g/mol. The van der Waals surface area contributed by atoms with E-state index in [0.717, 1.165) is 40.9 Å². The zero-order valence-electron chi connectivity index (χ0n) is 14.7. The molecule has 2 aliphatic heterocycles. The Morgan fingerprint density at radius 2 is 1.93 bits per heavy atom. The van der Waals surface area contributed by atoms with E-state index in [1.54, 1.807) is 7.11 Å². The Bertz CT molecular complexity index is 877. The predicted molar refractivity (Wildman–Crippen MR) is 92.7 cm³/mol.